The van der Waals surface area contributed by atoms with Crippen molar-refractivity contribution in [3.05, 3.63) is 29.8 Å². The van der Waals surface area contributed by atoms with Gasteiger partial charge in [0, 0.05) is 18.6 Å². The first-order valence-electron chi connectivity index (χ1n) is 4.36. The average molecular weight is 182 g/mol. The Kier molecular flexibility index (Phi) is 3.73. The number of quaternary nitrogens is 1. The quantitative estimate of drug-likeness (QED) is 0.706. The van der Waals surface area contributed by atoms with Crippen LogP contribution in [0.15, 0.2) is 24.3 Å². The predicted molar refractivity (Wildman–Crippen MR) is 50.3 cm³/mol. The van der Waals surface area contributed by atoms with Gasteiger partial charge in [-0.05, 0) is 24.3 Å². The highest BCUT2D eigenvalue weighted by atomic mass is 16.5. The van der Waals surface area contributed by atoms with Crippen molar-refractivity contribution in [2.45, 2.75) is 12.5 Å². The Morgan fingerprint density at radius 3 is 2.46 bits per heavy atom. The molecule has 0 fully saturated rings. The summed E-state index contributed by atoms with van der Waals surface area (Å²) < 4.78 is 5.04. The van der Waals surface area contributed by atoms with E-state index in [0.29, 0.717) is 6.42 Å². The van der Waals surface area contributed by atoms with Crippen LogP contribution in [0.25, 0.3) is 0 Å². The first-order chi connectivity index (χ1) is 6.27. The van der Waals surface area contributed by atoms with Crippen LogP contribution >= 0.6 is 0 Å². The second-order valence-corrected chi connectivity index (χ2v) is 2.98. The fraction of sp³-hybridized carbons (Fsp3) is 0.400. The number of hydrogen-bond donors (Lipinski definition) is 2. The van der Waals surface area contributed by atoms with Gasteiger partial charge in [-0.25, -0.2) is 0 Å². The third kappa shape index (κ3) is 2.72. The molecular weight excluding hydrogens is 166 g/mol. The van der Waals surface area contributed by atoms with Crippen LogP contribution in [0.3, 0.4) is 0 Å². The summed E-state index contributed by atoms with van der Waals surface area (Å²) in [4.78, 5) is 0. The summed E-state index contributed by atoms with van der Waals surface area (Å²) in [5.41, 5.74) is 5.09. The Hall–Kier alpha value is -1.06. The molecule has 0 aliphatic heterocycles. The van der Waals surface area contributed by atoms with Crippen molar-refractivity contribution in [3.63, 3.8) is 0 Å². The van der Waals surface area contributed by atoms with Crippen molar-refractivity contribution in [2.24, 2.45) is 0 Å². The second kappa shape index (κ2) is 4.84. The standard InChI is InChI=1S/C10H15NO2/c1-13-9-4-2-8(3-5-9)10(11)6-7-12/h2-5,10,12H,6-7,11H2,1H3/p+1/t10-/m1/s1. The molecule has 0 heterocycles. The summed E-state index contributed by atoms with van der Waals surface area (Å²) in [6, 6.07) is 7.93. The fourth-order valence-electron chi connectivity index (χ4n) is 1.20. The molecule has 1 aromatic carbocycles. The average Bonchev–Trinajstić information content (AvgIpc) is 2.18. The van der Waals surface area contributed by atoms with Gasteiger partial charge < -0.3 is 15.6 Å². The van der Waals surface area contributed by atoms with Crippen molar-refractivity contribution in [3.8, 4) is 5.75 Å². The molecule has 0 saturated heterocycles. The molecule has 0 bridgehead atoms. The van der Waals surface area contributed by atoms with E-state index >= 15 is 0 Å². The lowest BCUT2D eigenvalue weighted by atomic mass is 10.1. The molecule has 1 aromatic rings. The van der Waals surface area contributed by atoms with Crippen LogP contribution < -0.4 is 10.5 Å². The van der Waals surface area contributed by atoms with E-state index in [1.54, 1.807) is 7.11 Å². The summed E-state index contributed by atoms with van der Waals surface area (Å²) in [5, 5.41) is 8.73. The number of aliphatic hydroxyl groups is 1. The molecule has 0 amide bonds. The summed E-state index contributed by atoms with van der Waals surface area (Å²) in [6.07, 6.45) is 0.701. The van der Waals surface area contributed by atoms with Crippen molar-refractivity contribution in [1.82, 2.24) is 0 Å². The zero-order chi connectivity index (χ0) is 9.68. The molecule has 3 heteroatoms. The lowest BCUT2D eigenvalue weighted by molar-refractivity contribution is -0.428. The Labute approximate surface area is 78.1 Å². The molecule has 0 spiro atoms. The minimum absolute atomic E-state index is 0.163. The van der Waals surface area contributed by atoms with Crippen LogP contribution in [0.5, 0.6) is 5.75 Å². The topological polar surface area (TPSA) is 57.1 Å². The van der Waals surface area contributed by atoms with Gasteiger partial charge in [0.2, 0.25) is 0 Å². The molecule has 4 N–H and O–H groups in total. The van der Waals surface area contributed by atoms with E-state index in [4.69, 9.17) is 9.84 Å². The Morgan fingerprint density at radius 1 is 1.38 bits per heavy atom. The molecule has 1 rings (SSSR count). The normalized spacial score (nSPS) is 12.5. The minimum Gasteiger partial charge on any atom is -0.497 e. The number of hydrogen-bond acceptors (Lipinski definition) is 2. The molecule has 3 nitrogen and oxygen atoms in total. The lowest BCUT2D eigenvalue weighted by Crippen LogP contribution is -2.53. The van der Waals surface area contributed by atoms with Crippen molar-refractivity contribution < 1.29 is 15.6 Å². The molecular formula is C10H16NO2+. The molecule has 0 saturated carbocycles. The molecule has 0 radical (unpaired) electrons. The minimum atomic E-state index is 0.163. The van der Waals surface area contributed by atoms with Gasteiger partial charge in [-0.2, -0.15) is 0 Å². The molecule has 1 atom stereocenters. The first-order valence-corrected chi connectivity index (χ1v) is 4.36. The summed E-state index contributed by atoms with van der Waals surface area (Å²) in [5.74, 6) is 0.847. The van der Waals surface area contributed by atoms with Gasteiger partial charge in [0.15, 0.2) is 0 Å². The van der Waals surface area contributed by atoms with Crippen LogP contribution in [-0.2, 0) is 0 Å². The third-order valence-electron chi connectivity index (χ3n) is 2.06. The van der Waals surface area contributed by atoms with Crippen LogP contribution in [0, 0.1) is 0 Å². The van der Waals surface area contributed by atoms with E-state index in [1.165, 1.54) is 0 Å². The largest absolute Gasteiger partial charge is 0.497 e. The van der Waals surface area contributed by atoms with Crippen LogP contribution in [0.2, 0.25) is 0 Å². The number of aliphatic hydroxyl groups excluding tert-OH is 1. The Morgan fingerprint density at radius 2 is 2.00 bits per heavy atom. The molecule has 0 unspecified atom stereocenters. The van der Waals surface area contributed by atoms with Crippen molar-refractivity contribution >= 4 is 0 Å². The van der Waals surface area contributed by atoms with Crippen molar-refractivity contribution in [1.29, 1.82) is 0 Å². The Bertz CT molecular complexity index is 246. The maximum Gasteiger partial charge on any atom is 0.118 e. The van der Waals surface area contributed by atoms with Crippen LogP contribution in [0.4, 0.5) is 0 Å². The van der Waals surface area contributed by atoms with E-state index in [2.05, 4.69) is 5.73 Å². The van der Waals surface area contributed by atoms with Gasteiger partial charge in [0.1, 0.15) is 11.8 Å². The SMILES string of the molecule is COc1ccc([C@H]([NH3+])CCO)cc1. The highest BCUT2D eigenvalue weighted by Crippen LogP contribution is 2.16. The van der Waals surface area contributed by atoms with Crippen LogP contribution in [-0.4, -0.2) is 18.8 Å². The monoisotopic (exact) mass is 182 g/mol. The molecule has 0 aliphatic rings. The van der Waals surface area contributed by atoms with E-state index in [-0.39, 0.29) is 12.6 Å². The van der Waals surface area contributed by atoms with E-state index in [1.807, 2.05) is 24.3 Å². The van der Waals surface area contributed by atoms with Gasteiger partial charge in [-0.15, -0.1) is 0 Å². The third-order valence-corrected chi connectivity index (χ3v) is 2.06. The number of benzene rings is 1. The maximum absolute atomic E-state index is 8.73. The van der Waals surface area contributed by atoms with Gasteiger partial charge in [0.05, 0.1) is 7.11 Å². The highest BCUT2D eigenvalue weighted by Gasteiger charge is 2.07. The molecule has 13 heavy (non-hydrogen) atoms. The zero-order valence-electron chi connectivity index (χ0n) is 7.86. The van der Waals surface area contributed by atoms with Gasteiger partial charge >= 0.3 is 0 Å². The van der Waals surface area contributed by atoms with Gasteiger partial charge in [0.25, 0.3) is 0 Å². The molecule has 72 valence electrons. The van der Waals surface area contributed by atoms with Gasteiger partial charge in [-0.1, -0.05) is 0 Å². The van der Waals surface area contributed by atoms with Crippen molar-refractivity contribution in [2.75, 3.05) is 13.7 Å². The Balaban J connectivity index is 2.67. The lowest BCUT2D eigenvalue weighted by Gasteiger charge is -2.07. The fourth-order valence-corrected chi connectivity index (χ4v) is 1.20. The number of ether oxygens (including phenoxy) is 1. The summed E-state index contributed by atoms with van der Waals surface area (Å²) >= 11 is 0. The highest BCUT2D eigenvalue weighted by molar-refractivity contribution is 5.28. The van der Waals surface area contributed by atoms with E-state index in [0.717, 1.165) is 11.3 Å². The summed E-state index contributed by atoms with van der Waals surface area (Å²) in [7, 11) is 1.64. The zero-order valence-corrected chi connectivity index (χ0v) is 7.86. The first kappa shape index (κ1) is 10.0. The van der Waals surface area contributed by atoms with E-state index in [9.17, 15) is 0 Å². The van der Waals surface area contributed by atoms with Gasteiger partial charge in [-0.3, -0.25) is 0 Å². The smallest absolute Gasteiger partial charge is 0.118 e. The number of rotatable bonds is 4. The number of methoxy groups -OCH3 is 1. The molecule has 0 aliphatic carbocycles. The predicted octanol–water partition coefficient (Wildman–Crippen LogP) is 0.361. The molecule has 0 aromatic heterocycles. The second-order valence-electron chi connectivity index (χ2n) is 2.98. The van der Waals surface area contributed by atoms with Crippen LogP contribution in [0.1, 0.15) is 18.0 Å². The maximum atomic E-state index is 8.73. The summed E-state index contributed by atoms with van der Waals surface area (Å²) in [6.45, 7) is 0.181. The van der Waals surface area contributed by atoms with E-state index < -0.39 is 0 Å².